The first-order chi connectivity index (χ1) is 9.97. The maximum atomic E-state index is 12.8. The Labute approximate surface area is 129 Å². The zero-order chi connectivity index (χ0) is 15.6. The van der Waals surface area contributed by atoms with Crippen LogP contribution in [0.15, 0.2) is 18.2 Å². The molecule has 0 radical (unpaired) electrons. The van der Waals surface area contributed by atoms with Crippen LogP contribution < -0.4 is 15.0 Å². The molecule has 1 heterocycles. The Morgan fingerprint density at radius 2 is 2.00 bits per heavy atom. The zero-order valence-corrected chi connectivity index (χ0v) is 13.2. The minimum absolute atomic E-state index is 0.0305. The second-order valence-corrected chi connectivity index (χ2v) is 5.48. The number of nitrogens with one attached hydrogen (secondary N) is 1. The Kier molecular flexibility index (Phi) is 4.42. The fourth-order valence-electron chi connectivity index (χ4n) is 2.63. The summed E-state index contributed by atoms with van der Waals surface area (Å²) in [5.41, 5.74) is -0.334. The highest BCUT2D eigenvalue weighted by molar-refractivity contribution is 6.31. The lowest BCUT2D eigenvalue weighted by atomic mass is 9.88. The third kappa shape index (κ3) is 2.70. The molecule has 5 nitrogen and oxygen atoms in total. The average Bonchev–Trinajstić information content (AvgIpc) is 2.49. The monoisotopic (exact) mass is 310 g/mol. The Morgan fingerprint density at radius 3 is 2.57 bits per heavy atom. The lowest BCUT2D eigenvalue weighted by molar-refractivity contribution is -0.136. The number of carbonyl (C=O) groups excluding carboxylic acids is 2. The lowest BCUT2D eigenvalue weighted by Crippen LogP contribution is -2.66. The van der Waals surface area contributed by atoms with Crippen molar-refractivity contribution in [2.75, 3.05) is 18.6 Å². The van der Waals surface area contributed by atoms with Crippen molar-refractivity contribution >= 4 is 29.1 Å². The first-order valence-corrected chi connectivity index (χ1v) is 7.31. The van der Waals surface area contributed by atoms with Gasteiger partial charge in [-0.15, -0.1) is 0 Å². The summed E-state index contributed by atoms with van der Waals surface area (Å²) >= 11 is 6.02. The molecule has 0 aromatic heterocycles. The van der Waals surface area contributed by atoms with E-state index in [9.17, 15) is 9.59 Å². The zero-order valence-electron chi connectivity index (χ0n) is 12.4. The van der Waals surface area contributed by atoms with Crippen LogP contribution in [0.5, 0.6) is 5.75 Å². The first-order valence-electron chi connectivity index (χ1n) is 6.94. The molecule has 2 amide bonds. The predicted octanol–water partition coefficient (Wildman–Crippen LogP) is 2.37. The van der Waals surface area contributed by atoms with E-state index in [2.05, 4.69) is 5.32 Å². The largest absolute Gasteiger partial charge is 0.495 e. The highest BCUT2D eigenvalue weighted by atomic mass is 35.5. The van der Waals surface area contributed by atoms with Crippen LogP contribution in [0.4, 0.5) is 5.69 Å². The normalized spacial score (nSPS) is 17.6. The molecule has 0 spiro atoms. The molecule has 0 saturated carbocycles. The van der Waals surface area contributed by atoms with Gasteiger partial charge in [-0.1, -0.05) is 25.4 Å². The van der Waals surface area contributed by atoms with Crippen LogP contribution in [0.25, 0.3) is 0 Å². The number of nitrogens with zero attached hydrogens (tertiary/aromatic N) is 1. The van der Waals surface area contributed by atoms with E-state index >= 15 is 0 Å². The molecule has 21 heavy (non-hydrogen) atoms. The molecule has 2 rings (SSSR count). The number of methoxy groups -OCH3 is 1. The fourth-order valence-corrected chi connectivity index (χ4v) is 2.80. The summed E-state index contributed by atoms with van der Waals surface area (Å²) in [7, 11) is 1.52. The van der Waals surface area contributed by atoms with E-state index in [0.717, 1.165) is 0 Å². The molecule has 1 fully saturated rings. The van der Waals surface area contributed by atoms with Crippen molar-refractivity contribution in [1.82, 2.24) is 5.32 Å². The molecular formula is C15H19ClN2O3. The number of rotatable bonds is 4. The molecule has 1 N–H and O–H groups in total. The first kappa shape index (κ1) is 15.6. The van der Waals surface area contributed by atoms with Gasteiger partial charge in [0.05, 0.1) is 12.8 Å². The summed E-state index contributed by atoms with van der Waals surface area (Å²) in [4.78, 5) is 26.3. The van der Waals surface area contributed by atoms with Crippen molar-refractivity contribution in [3.63, 3.8) is 0 Å². The van der Waals surface area contributed by atoms with E-state index in [-0.39, 0.29) is 18.4 Å². The second kappa shape index (κ2) is 5.93. The summed E-state index contributed by atoms with van der Waals surface area (Å²) in [6.45, 7) is 3.75. The highest BCUT2D eigenvalue weighted by Crippen LogP contribution is 2.35. The molecule has 0 bridgehead atoms. The standard InChI is InChI=1S/C15H19ClN2O3/c1-4-15(5-2)14(20)18(9-13(19)17-15)11-8-10(16)6-7-12(11)21-3/h6-8H,4-5,9H2,1-3H3,(H,17,19). The smallest absolute Gasteiger partial charge is 0.253 e. The maximum Gasteiger partial charge on any atom is 0.253 e. The molecule has 0 aliphatic carbocycles. The maximum absolute atomic E-state index is 12.8. The summed E-state index contributed by atoms with van der Waals surface area (Å²) < 4.78 is 5.29. The topological polar surface area (TPSA) is 58.6 Å². The highest BCUT2D eigenvalue weighted by Gasteiger charge is 2.45. The van der Waals surface area contributed by atoms with Gasteiger partial charge in [-0.05, 0) is 31.0 Å². The van der Waals surface area contributed by atoms with Gasteiger partial charge in [-0.2, -0.15) is 0 Å². The molecule has 1 aromatic carbocycles. The van der Waals surface area contributed by atoms with Crippen LogP contribution in [-0.2, 0) is 9.59 Å². The van der Waals surface area contributed by atoms with E-state index < -0.39 is 5.54 Å². The quantitative estimate of drug-likeness (QED) is 0.929. The van der Waals surface area contributed by atoms with E-state index in [1.54, 1.807) is 18.2 Å². The lowest BCUT2D eigenvalue weighted by Gasteiger charge is -2.41. The molecular weight excluding hydrogens is 292 g/mol. The summed E-state index contributed by atoms with van der Waals surface area (Å²) in [6, 6.07) is 5.02. The predicted molar refractivity (Wildman–Crippen MR) is 81.8 cm³/mol. The SMILES string of the molecule is CCC1(CC)NC(=O)CN(c2cc(Cl)ccc2OC)C1=O. The van der Waals surface area contributed by atoms with E-state index in [0.29, 0.717) is 29.3 Å². The van der Waals surface area contributed by atoms with Crippen molar-refractivity contribution in [3.05, 3.63) is 23.2 Å². The van der Waals surface area contributed by atoms with Gasteiger partial charge >= 0.3 is 0 Å². The third-order valence-corrected chi connectivity index (χ3v) is 4.21. The summed E-state index contributed by atoms with van der Waals surface area (Å²) in [6.07, 6.45) is 1.07. The van der Waals surface area contributed by atoms with Crippen molar-refractivity contribution in [2.45, 2.75) is 32.2 Å². The summed E-state index contributed by atoms with van der Waals surface area (Å²) in [5.74, 6) is 0.205. The van der Waals surface area contributed by atoms with Crippen LogP contribution in [0, 0.1) is 0 Å². The minimum atomic E-state index is -0.858. The Balaban J connectivity index is 2.50. The average molecular weight is 311 g/mol. The number of halogens is 1. The van der Waals surface area contributed by atoms with Crippen molar-refractivity contribution in [1.29, 1.82) is 0 Å². The van der Waals surface area contributed by atoms with Gasteiger partial charge in [0, 0.05) is 5.02 Å². The molecule has 1 aromatic rings. The fraction of sp³-hybridized carbons (Fsp3) is 0.467. The number of anilines is 1. The van der Waals surface area contributed by atoms with Gasteiger partial charge in [-0.3, -0.25) is 14.5 Å². The molecule has 1 aliphatic rings. The van der Waals surface area contributed by atoms with E-state index in [4.69, 9.17) is 16.3 Å². The Morgan fingerprint density at radius 1 is 1.33 bits per heavy atom. The Bertz CT molecular complexity index is 570. The Hall–Kier alpha value is -1.75. The third-order valence-electron chi connectivity index (χ3n) is 3.97. The molecule has 114 valence electrons. The van der Waals surface area contributed by atoms with Crippen LogP contribution >= 0.6 is 11.6 Å². The van der Waals surface area contributed by atoms with Gasteiger partial charge in [-0.25, -0.2) is 0 Å². The number of benzene rings is 1. The number of carbonyl (C=O) groups is 2. The van der Waals surface area contributed by atoms with E-state index in [1.165, 1.54) is 12.0 Å². The number of piperazine rings is 1. The second-order valence-electron chi connectivity index (χ2n) is 5.04. The van der Waals surface area contributed by atoms with E-state index in [1.807, 2.05) is 13.8 Å². The van der Waals surface area contributed by atoms with Crippen molar-refractivity contribution < 1.29 is 14.3 Å². The van der Waals surface area contributed by atoms with Gasteiger partial charge in [0.15, 0.2) is 0 Å². The van der Waals surface area contributed by atoms with Crippen LogP contribution in [0.2, 0.25) is 5.02 Å². The van der Waals surface area contributed by atoms with Gasteiger partial charge < -0.3 is 10.1 Å². The van der Waals surface area contributed by atoms with Crippen LogP contribution in [0.1, 0.15) is 26.7 Å². The van der Waals surface area contributed by atoms with Gasteiger partial charge in [0.1, 0.15) is 17.8 Å². The number of hydrogen-bond donors (Lipinski definition) is 1. The number of hydrogen-bond acceptors (Lipinski definition) is 3. The molecule has 6 heteroatoms. The number of ether oxygens (including phenoxy) is 1. The minimum Gasteiger partial charge on any atom is -0.495 e. The van der Waals surface area contributed by atoms with Crippen molar-refractivity contribution in [2.24, 2.45) is 0 Å². The van der Waals surface area contributed by atoms with Crippen LogP contribution in [0.3, 0.4) is 0 Å². The molecule has 1 saturated heterocycles. The molecule has 1 aliphatic heterocycles. The number of amides is 2. The molecule has 0 atom stereocenters. The van der Waals surface area contributed by atoms with Crippen LogP contribution in [-0.4, -0.2) is 31.0 Å². The molecule has 0 unspecified atom stereocenters. The van der Waals surface area contributed by atoms with Gasteiger partial charge in [0.2, 0.25) is 5.91 Å². The van der Waals surface area contributed by atoms with Crippen molar-refractivity contribution in [3.8, 4) is 5.75 Å². The van der Waals surface area contributed by atoms with Gasteiger partial charge in [0.25, 0.3) is 5.91 Å². The summed E-state index contributed by atoms with van der Waals surface area (Å²) in [5, 5.41) is 3.32.